The Morgan fingerprint density at radius 1 is 1.20 bits per heavy atom. The number of furan rings is 1. The molecule has 0 radical (unpaired) electrons. The van der Waals surface area contributed by atoms with E-state index in [1.807, 2.05) is 0 Å². The molecule has 7 heteroatoms. The zero-order valence-electron chi connectivity index (χ0n) is 10.3. The Hall–Kier alpha value is -0.950. The van der Waals surface area contributed by atoms with Gasteiger partial charge in [0.05, 0.1) is 16.6 Å². The van der Waals surface area contributed by atoms with Crippen molar-refractivity contribution >= 4 is 37.5 Å². The van der Waals surface area contributed by atoms with Crippen LogP contribution >= 0.6 is 31.9 Å². The summed E-state index contributed by atoms with van der Waals surface area (Å²) in [5.41, 5.74) is -0.0394. The number of anilines is 1. The standard InChI is InChI=1S/C13H10Br2F3NO/c1-7-2-3-8(4-10(7)13(16,17)18)19-6-9-5-11(14)12(15)20-9/h2-5,19H,6H2,1H3. The zero-order chi connectivity index (χ0) is 14.9. The van der Waals surface area contributed by atoms with Crippen LogP contribution in [0, 0.1) is 6.92 Å². The molecule has 0 amide bonds. The molecule has 2 aromatic rings. The number of aryl methyl sites for hydroxylation is 1. The van der Waals surface area contributed by atoms with Crippen LogP contribution in [0.1, 0.15) is 16.9 Å². The Balaban J connectivity index is 2.14. The minimum atomic E-state index is -4.35. The fourth-order valence-electron chi connectivity index (χ4n) is 1.71. The summed E-state index contributed by atoms with van der Waals surface area (Å²) in [4.78, 5) is 0. The average Bonchev–Trinajstić information content (AvgIpc) is 2.66. The van der Waals surface area contributed by atoms with Gasteiger partial charge < -0.3 is 9.73 Å². The van der Waals surface area contributed by atoms with Crippen molar-refractivity contribution in [3.05, 3.63) is 50.3 Å². The van der Waals surface area contributed by atoms with Gasteiger partial charge >= 0.3 is 6.18 Å². The van der Waals surface area contributed by atoms with Crippen LogP contribution in [0.5, 0.6) is 0 Å². The van der Waals surface area contributed by atoms with Crippen LogP contribution in [-0.2, 0) is 12.7 Å². The molecule has 20 heavy (non-hydrogen) atoms. The molecular formula is C13H10Br2F3NO. The molecule has 0 aliphatic rings. The molecule has 0 aliphatic heterocycles. The summed E-state index contributed by atoms with van der Waals surface area (Å²) in [6.07, 6.45) is -4.35. The summed E-state index contributed by atoms with van der Waals surface area (Å²) in [5.74, 6) is 0.609. The van der Waals surface area contributed by atoms with Crippen molar-refractivity contribution in [1.82, 2.24) is 0 Å². The molecule has 0 atom stereocenters. The second-order valence-electron chi connectivity index (χ2n) is 4.22. The molecule has 0 saturated carbocycles. The number of hydrogen-bond donors (Lipinski definition) is 1. The number of benzene rings is 1. The molecule has 0 fully saturated rings. The molecular weight excluding hydrogens is 403 g/mol. The predicted octanol–water partition coefficient (Wildman–Crippen LogP) is 5.74. The van der Waals surface area contributed by atoms with Crippen LogP contribution in [0.25, 0.3) is 0 Å². The molecule has 108 valence electrons. The smallest absolute Gasteiger partial charge is 0.416 e. The van der Waals surface area contributed by atoms with E-state index in [9.17, 15) is 13.2 Å². The van der Waals surface area contributed by atoms with Gasteiger partial charge in [0, 0.05) is 5.69 Å². The number of nitrogens with one attached hydrogen (secondary N) is 1. The van der Waals surface area contributed by atoms with E-state index < -0.39 is 11.7 Å². The van der Waals surface area contributed by atoms with E-state index in [2.05, 4.69) is 37.2 Å². The lowest BCUT2D eigenvalue weighted by Crippen LogP contribution is -2.08. The lowest BCUT2D eigenvalue weighted by molar-refractivity contribution is -0.138. The average molecular weight is 413 g/mol. The van der Waals surface area contributed by atoms with Crippen molar-refractivity contribution in [2.45, 2.75) is 19.6 Å². The quantitative estimate of drug-likeness (QED) is 0.694. The van der Waals surface area contributed by atoms with E-state index in [1.165, 1.54) is 13.0 Å². The lowest BCUT2D eigenvalue weighted by Gasteiger charge is -2.12. The molecule has 0 aliphatic carbocycles. The first-order valence-corrected chi connectivity index (χ1v) is 7.21. The van der Waals surface area contributed by atoms with Gasteiger partial charge in [0.1, 0.15) is 5.76 Å². The van der Waals surface area contributed by atoms with E-state index in [0.29, 0.717) is 22.7 Å². The summed E-state index contributed by atoms with van der Waals surface area (Å²) in [6.45, 7) is 1.73. The predicted molar refractivity (Wildman–Crippen MR) is 77.6 cm³/mol. The van der Waals surface area contributed by atoms with Crippen LogP contribution in [0.4, 0.5) is 18.9 Å². The van der Waals surface area contributed by atoms with E-state index >= 15 is 0 Å². The highest BCUT2D eigenvalue weighted by atomic mass is 79.9. The highest BCUT2D eigenvalue weighted by Gasteiger charge is 2.32. The molecule has 0 spiro atoms. The maximum absolute atomic E-state index is 12.8. The largest absolute Gasteiger partial charge is 0.451 e. The van der Waals surface area contributed by atoms with Gasteiger partial charge in [0.25, 0.3) is 0 Å². The third-order valence-corrected chi connectivity index (χ3v) is 4.42. The zero-order valence-corrected chi connectivity index (χ0v) is 13.5. The minimum absolute atomic E-state index is 0.200. The highest BCUT2D eigenvalue weighted by molar-refractivity contribution is 9.13. The first kappa shape index (κ1) is 15.4. The maximum Gasteiger partial charge on any atom is 0.416 e. The van der Waals surface area contributed by atoms with Crippen molar-refractivity contribution < 1.29 is 17.6 Å². The van der Waals surface area contributed by atoms with E-state index in [4.69, 9.17) is 4.42 Å². The second kappa shape index (κ2) is 5.81. The van der Waals surface area contributed by atoms with E-state index in [0.717, 1.165) is 10.5 Å². The Morgan fingerprint density at radius 3 is 2.45 bits per heavy atom. The summed E-state index contributed by atoms with van der Waals surface area (Å²) < 4.78 is 45.0. The molecule has 1 N–H and O–H groups in total. The van der Waals surface area contributed by atoms with Crippen LogP contribution in [0.3, 0.4) is 0 Å². The Bertz CT molecular complexity index is 603. The fraction of sp³-hybridized carbons (Fsp3) is 0.231. The minimum Gasteiger partial charge on any atom is -0.451 e. The van der Waals surface area contributed by atoms with Gasteiger partial charge in [0.2, 0.25) is 0 Å². The van der Waals surface area contributed by atoms with Gasteiger partial charge in [-0.3, -0.25) is 0 Å². The first-order valence-electron chi connectivity index (χ1n) is 5.63. The van der Waals surface area contributed by atoms with E-state index in [-0.39, 0.29) is 5.56 Å². The second-order valence-corrected chi connectivity index (χ2v) is 5.79. The molecule has 1 aromatic carbocycles. The summed E-state index contributed by atoms with van der Waals surface area (Å²) >= 11 is 6.47. The van der Waals surface area contributed by atoms with Crippen molar-refractivity contribution in [1.29, 1.82) is 0 Å². The fourth-order valence-corrected chi connectivity index (χ4v) is 2.36. The Kier molecular flexibility index (Phi) is 4.49. The third-order valence-electron chi connectivity index (χ3n) is 2.71. The lowest BCUT2D eigenvalue weighted by atomic mass is 10.1. The number of alkyl halides is 3. The summed E-state index contributed by atoms with van der Waals surface area (Å²) in [5, 5.41) is 2.91. The Morgan fingerprint density at radius 2 is 1.90 bits per heavy atom. The SMILES string of the molecule is Cc1ccc(NCc2cc(Br)c(Br)o2)cc1C(F)(F)F. The molecule has 2 rings (SSSR count). The van der Waals surface area contributed by atoms with Gasteiger partial charge in [-0.15, -0.1) is 0 Å². The van der Waals surface area contributed by atoms with Crippen LogP contribution < -0.4 is 5.32 Å². The molecule has 0 unspecified atom stereocenters. The van der Waals surface area contributed by atoms with Gasteiger partial charge in [0.15, 0.2) is 4.67 Å². The molecule has 2 nitrogen and oxygen atoms in total. The number of halogens is 5. The third kappa shape index (κ3) is 3.58. The normalized spacial score (nSPS) is 11.7. The van der Waals surface area contributed by atoms with E-state index in [1.54, 1.807) is 12.1 Å². The highest BCUT2D eigenvalue weighted by Crippen LogP contribution is 2.33. The van der Waals surface area contributed by atoms with Crippen molar-refractivity contribution in [3.8, 4) is 0 Å². The maximum atomic E-state index is 12.8. The number of hydrogen-bond acceptors (Lipinski definition) is 2. The topological polar surface area (TPSA) is 25.2 Å². The van der Waals surface area contributed by atoms with Crippen molar-refractivity contribution in [2.75, 3.05) is 5.32 Å². The monoisotopic (exact) mass is 411 g/mol. The van der Waals surface area contributed by atoms with Gasteiger partial charge in [-0.05, 0) is 62.5 Å². The van der Waals surface area contributed by atoms with Crippen LogP contribution in [-0.4, -0.2) is 0 Å². The summed E-state index contributed by atoms with van der Waals surface area (Å²) in [6, 6.07) is 5.90. The molecule has 0 saturated heterocycles. The summed E-state index contributed by atoms with van der Waals surface area (Å²) in [7, 11) is 0. The van der Waals surface area contributed by atoms with Gasteiger partial charge in [-0.2, -0.15) is 13.2 Å². The Labute approximate surface area is 130 Å². The van der Waals surface area contributed by atoms with Crippen molar-refractivity contribution in [3.63, 3.8) is 0 Å². The molecule has 1 aromatic heterocycles. The molecule has 1 heterocycles. The van der Waals surface area contributed by atoms with Gasteiger partial charge in [-0.25, -0.2) is 0 Å². The van der Waals surface area contributed by atoms with Crippen LogP contribution in [0.15, 0.2) is 37.8 Å². The molecule has 0 bridgehead atoms. The number of rotatable bonds is 3. The van der Waals surface area contributed by atoms with Crippen molar-refractivity contribution in [2.24, 2.45) is 0 Å². The van der Waals surface area contributed by atoms with Crippen LogP contribution in [0.2, 0.25) is 0 Å². The van der Waals surface area contributed by atoms with Gasteiger partial charge in [-0.1, -0.05) is 6.07 Å². The first-order chi connectivity index (χ1) is 9.27.